The van der Waals surface area contributed by atoms with Crippen LogP contribution in [0.2, 0.25) is 0 Å². The van der Waals surface area contributed by atoms with Gasteiger partial charge in [0, 0.05) is 45.4 Å². The van der Waals surface area contributed by atoms with Crippen molar-refractivity contribution in [3.63, 3.8) is 0 Å². The Morgan fingerprint density at radius 1 is 1.14 bits per heavy atom. The largest absolute Gasteiger partial charge is 0.457 e. The number of amides is 1. The Morgan fingerprint density at radius 2 is 1.89 bits per heavy atom. The summed E-state index contributed by atoms with van der Waals surface area (Å²) in [5.41, 5.74) is 1.72. The summed E-state index contributed by atoms with van der Waals surface area (Å²) in [7, 11) is 0. The molecule has 0 saturated carbocycles. The number of imidazole rings is 1. The van der Waals surface area contributed by atoms with Gasteiger partial charge in [0.05, 0.1) is 43.4 Å². The molecule has 1 fully saturated rings. The van der Waals surface area contributed by atoms with Crippen molar-refractivity contribution in [3.05, 3.63) is 54.1 Å². The number of nitrogens with zero attached hydrogens (tertiary/aromatic N) is 3. The quantitative estimate of drug-likeness (QED) is 0.340. The molecule has 2 heterocycles. The lowest BCUT2D eigenvalue weighted by Crippen LogP contribution is -2.46. The highest BCUT2D eigenvalue weighted by Gasteiger charge is 2.17. The second-order valence-corrected chi connectivity index (χ2v) is 8.93. The van der Waals surface area contributed by atoms with E-state index in [0.29, 0.717) is 44.3 Å². The Bertz CT molecular complexity index is 1150. The highest BCUT2D eigenvalue weighted by molar-refractivity contribution is 5.81. The number of rotatable bonds is 13. The number of ether oxygens (including phenoxy) is 3. The van der Waals surface area contributed by atoms with E-state index in [2.05, 4.69) is 20.1 Å². The van der Waals surface area contributed by atoms with Crippen molar-refractivity contribution in [3.8, 4) is 11.5 Å². The van der Waals surface area contributed by atoms with Crippen molar-refractivity contribution < 1.29 is 23.4 Å². The van der Waals surface area contributed by atoms with Crippen molar-refractivity contribution in [2.75, 3.05) is 52.6 Å². The van der Waals surface area contributed by atoms with Gasteiger partial charge in [0.2, 0.25) is 5.91 Å². The third-order valence-electron chi connectivity index (χ3n) is 6.30. The molecule has 1 aromatic heterocycles. The average Bonchev–Trinajstić information content (AvgIpc) is 3.26. The van der Waals surface area contributed by atoms with E-state index in [0.717, 1.165) is 49.7 Å². The fraction of sp³-hybridized carbons (Fsp3) is 0.481. The lowest BCUT2D eigenvalue weighted by Gasteiger charge is -2.26. The molecular formula is C27H36FN5O4. The van der Waals surface area contributed by atoms with Crippen LogP contribution in [-0.4, -0.2) is 79.0 Å². The molecule has 1 saturated heterocycles. The predicted octanol–water partition coefficient (Wildman–Crippen LogP) is 2.93. The molecule has 0 aliphatic carbocycles. The summed E-state index contributed by atoms with van der Waals surface area (Å²) in [6.45, 7) is 10.7. The van der Waals surface area contributed by atoms with Gasteiger partial charge in [-0.1, -0.05) is 0 Å². The normalized spacial score (nSPS) is 15.1. The lowest BCUT2D eigenvalue weighted by atomic mass is 10.3. The number of carbonyl (C=O) groups is 1. The van der Waals surface area contributed by atoms with Crippen LogP contribution in [0.5, 0.6) is 11.5 Å². The molecule has 1 aliphatic heterocycles. The fourth-order valence-corrected chi connectivity index (χ4v) is 4.19. The van der Waals surface area contributed by atoms with Crippen LogP contribution in [0.25, 0.3) is 11.0 Å². The topological polar surface area (TPSA) is 89.9 Å². The van der Waals surface area contributed by atoms with Crippen LogP contribution in [0, 0.1) is 5.82 Å². The molecule has 4 rings (SSSR count). The predicted molar refractivity (Wildman–Crippen MR) is 139 cm³/mol. The first-order valence-corrected chi connectivity index (χ1v) is 12.8. The number of benzene rings is 2. The van der Waals surface area contributed by atoms with E-state index in [9.17, 15) is 9.18 Å². The molecule has 200 valence electrons. The van der Waals surface area contributed by atoms with Gasteiger partial charge < -0.3 is 24.1 Å². The molecule has 0 bridgehead atoms. The molecule has 37 heavy (non-hydrogen) atoms. The third-order valence-corrected chi connectivity index (χ3v) is 6.30. The first-order chi connectivity index (χ1) is 18.0. The summed E-state index contributed by atoms with van der Waals surface area (Å²) in [6, 6.07) is 11.2. The Hall–Kier alpha value is -3.05. The standard InChI is InChI=1S/C27H36FN5O4/c1-3-35-17-14-33-25-18-23(37-22-6-4-21(28)5-7-22)8-9-24(25)31-26(33)19-30-20(2)27(34)29-10-11-32-12-15-36-16-13-32/h4-9,18,20,30H,3,10-17,19H2,1-2H3,(H,29,34)/t20-/m0/s1. The van der Waals surface area contributed by atoms with E-state index >= 15 is 0 Å². The highest BCUT2D eigenvalue weighted by atomic mass is 19.1. The molecule has 2 aromatic carbocycles. The summed E-state index contributed by atoms with van der Waals surface area (Å²) in [5, 5.41) is 6.31. The maximum Gasteiger partial charge on any atom is 0.236 e. The Labute approximate surface area is 216 Å². The van der Waals surface area contributed by atoms with Crippen molar-refractivity contribution in [1.29, 1.82) is 0 Å². The summed E-state index contributed by atoms with van der Waals surface area (Å²) in [6.07, 6.45) is 0. The van der Waals surface area contributed by atoms with Gasteiger partial charge in [0.25, 0.3) is 0 Å². The Kier molecular flexibility index (Phi) is 9.84. The molecule has 3 aromatic rings. The first-order valence-electron chi connectivity index (χ1n) is 12.8. The van der Waals surface area contributed by atoms with Gasteiger partial charge in [-0.15, -0.1) is 0 Å². The van der Waals surface area contributed by atoms with Gasteiger partial charge in [0.1, 0.15) is 23.1 Å². The van der Waals surface area contributed by atoms with Gasteiger partial charge >= 0.3 is 0 Å². The van der Waals surface area contributed by atoms with Crippen molar-refractivity contribution in [2.24, 2.45) is 0 Å². The first kappa shape index (κ1) is 27.0. The second kappa shape index (κ2) is 13.5. The number of hydrogen-bond donors (Lipinski definition) is 2. The van der Waals surface area contributed by atoms with Crippen LogP contribution < -0.4 is 15.4 Å². The molecule has 1 atom stereocenters. The van der Waals surface area contributed by atoms with E-state index in [-0.39, 0.29) is 17.8 Å². The summed E-state index contributed by atoms with van der Waals surface area (Å²) < 4.78 is 32.2. The summed E-state index contributed by atoms with van der Waals surface area (Å²) in [4.78, 5) is 19.7. The SMILES string of the molecule is CCOCCn1c(CN[C@@H](C)C(=O)NCCN2CCOCC2)nc2ccc(Oc3ccc(F)cc3)cc21. The van der Waals surface area contributed by atoms with Gasteiger partial charge in [0.15, 0.2) is 0 Å². The molecule has 10 heteroatoms. The molecular weight excluding hydrogens is 477 g/mol. The number of hydrogen-bond acceptors (Lipinski definition) is 7. The molecule has 1 amide bonds. The molecule has 9 nitrogen and oxygen atoms in total. The van der Waals surface area contributed by atoms with E-state index in [4.69, 9.17) is 19.2 Å². The van der Waals surface area contributed by atoms with E-state index in [1.54, 1.807) is 12.1 Å². The lowest BCUT2D eigenvalue weighted by molar-refractivity contribution is -0.122. The summed E-state index contributed by atoms with van der Waals surface area (Å²) in [5.74, 6) is 1.64. The minimum atomic E-state index is -0.373. The van der Waals surface area contributed by atoms with Crippen LogP contribution in [-0.2, 0) is 27.4 Å². The van der Waals surface area contributed by atoms with Crippen molar-refractivity contribution >= 4 is 16.9 Å². The second-order valence-electron chi connectivity index (χ2n) is 8.93. The van der Waals surface area contributed by atoms with Crippen LogP contribution in [0.3, 0.4) is 0 Å². The maximum absolute atomic E-state index is 13.2. The van der Waals surface area contributed by atoms with Gasteiger partial charge in [-0.2, -0.15) is 0 Å². The monoisotopic (exact) mass is 513 g/mol. The molecule has 1 aliphatic rings. The number of carbonyl (C=O) groups excluding carboxylic acids is 1. The zero-order valence-corrected chi connectivity index (χ0v) is 21.5. The van der Waals surface area contributed by atoms with E-state index in [1.807, 2.05) is 32.0 Å². The molecule has 2 N–H and O–H groups in total. The Balaban J connectivity index is 1.39. The van der Waals surface area contributed by atoms with Crippen LogP contribution in [0.15, 0.2) is 42.5 Å². The number of morpholine rings is 1. The van der Waals surface area contributed by atoms with Crippen LogP contribution in [0.4, 0.5) is 4.39 Å². The van der Waals surface area contributed by atoms with Gasteiger partial charge in [-0.3, -0.25) is 15.0 Å². The van der Waals surface area contributed by atoms with Crippen molar-refractivity contribution in [2.45, 2.75) is 33.0 Å². The zero-order valence-electron chi connectivity index (χ0n) is 21.5. The summed E-state index contributed by atoms with van der Waals surface area (Å²) >= 11 is 0. The maximum atomic E-state index is 13.2. The van der Waals surface area contributed by atoms with E-state index < -0.39 is 0 Å². The zero-order chi connectivity index (χ0) is 26.0. The van der Waals surface area contributed by atoms with Crippen LogP contribution in [0.1, 0.15) is 19.7 Å². The van der Waals surface area contributed by atoms with Gasteiger partial charge in [-0.05, 0) is 50.2 Å². The van der Waals surface area contributed by atoms with Gasteiger partial charge in [-0.25, -0.2) is 9.37 Å². The average molecular weight is 514 g/mol. The minimum Gasteiger partial charge on any atom is -0.457 e. The number of nitrogens with one attached hydrogen (secondary N) is 2. The number of fused-ring (bicyclic) bond motifs is 1. The molecule has 0 spiro atoms. The van der Waals surface area contributed by atoms with Crippen molar-refractivity contribution in [1.82, 2.24) is 25.1 Å². The molecule has 0 radical (unpaired) electrons. The smallest absolute Gasteiger partial charge is 0.236 e. The third kappa shape index (κ3) is 7.72. The minimum absolute atomic E-state index is 0.0415. The van der Waals surface area contributed by atoms with Crippen LogP contribution >= 0.6 is 0 Å². The van der Waals surface area contributed by atoms with E-state index in [1.165, 1.54) is 12.1 Å². The number of halogens is 1. The molecule has 0 unspecified atom stereocenters. The highest BCUT2D eigenvalue weighted by Crippen LogP contribution is 2.26. The Morgan fingerprint density at radius 3 is 2.65 bits per heavy atom. The number of aromatic nitrogens is 2. The fourth-order valence-electron chi connectivity index (χ4n) is 4.19.